The van der Waals surface area contributed by atoms with E-state index in [0.29, 0.717) is 25.2 Å². The van der Waals surface area contributed by atoms with E-state index in [1.54, 1.807) is 4.90 Å². The van der Waals surface area contributed by atoms with Gasteiger partial charge in [0.05, 0.1) is 13.1 Å². The number of hydrogen-bond donors (Lipinski definition) is 2. The lowest BCUT2D eigenvalue weighted by Gasteiger charge is -2.26. The number of fused-ring (bicyclic) bond motifs is 1. The van der Waals surface area contributed by atoms with Crippen LogP contribution >= 0.6 is 0 Å². The summed E-state index contributed by atoms with van der Waals surface area (Å²) in [7, 11) is 0. The number of likely N-dealkylation sites (tertiary alicyclic amines) is 1. The first-order valence-corrected chi connectivity index (χ1v) is 11.3. The molecule has 2 heterocycles. The molecule has 1 aromatic rings. The predicted molar refractivity (Wildman–Crippen MR) is 117 cm³/mol. The lowest BCUT2D eigenvalue weighted by Crippen LogP contribution is -2.49. The fourth-order valence-corrected chi connectivity index (χ4v) is 4.92. The average Bonchev–Trinajstić information content (AvgIpc) is 3.20. The van der Waals surface area contributed by atoms with Crippen molar-refractivity contribution in [3.63, 3.8) is 0 Å². The second-order valence-corrected chi connectivity index (χ2v) is 8.65. The molecule has 162 valence electrons. The molecule has 4 rings (SSSR count). The van der Waals surface area contributed by atoms with E-state index in [4.69, 9.17) is 4.99 Å². The van der Waals surface area contributed by atoms with Gasteiger partial charge in [-0.3, -0.25) is 9.59 Å². The molecule has 1 aliphatic carbocycles. The van der Waals surface area contributed by atoms with Crippen LogP contribution in [-0.4, -0.2) is 66.8 Å². The van der Waals surface area contributed by atoms with Gasteiger partial charge >= 0.3 is 0 Å². The fourth-order valence-electron chi connectivity index (χ4n) is 4.92. The molecule has 0 aromatic heterocycles. The van der Waals surface area contributed by atoms with Crippen molar-refractivity contribution >= 4 is 17.8 Å². The molecule has 7 nitrogen and oxygen atoms in total. The number of rotatable bonds is 4. The summed E-state index contributed by atoms with van der Waals surface area (Å²) in [6.07, 6.45) is 5.45. The van der Waals surface area contributed by atoms with E-state index < -0.39 is 0 Å². The van der Waals surface area contributed by atoms with Crippen LogP contribution in [0.1, 0.15) is 48.5 Å². The van der Waals surface area contributed by atoms with Gasteiger partial charge in [0.2, 0.25) is 5.91 Å². The summed E-state index contributed by atoms with van der Waals surface area (Å²) in [6, 6.07) is 7.62. The highest BCUT2D eigenvalue weighted by Gasteiger charge is 2.35. The zero-order valence-electron chi connectivity index (χ0n) is 17.9. The molecule has 0 radical (unpaired) electrons. The standard InChI is InChI=1S/C23H33N5O2/c1-2-24-23(28-14-19-5-3-4-6-20(19)15-28)26-13-17-7-9-18(10-8-17)22(30)27-12-11-25-21(29)16-27/h7-10,19-20H,2-6,11-16H2,1H3,(H,24,26)(H,25,29). The van der Waals surface area contributed by atoms with Crippen LogP contribution in [0.25, 0.3) is 0 Å². The molecule has 3 aliphatic rings. The average molecular weight is 412 g/mol. The minimum absolute atomic E-state index is 0.0899. The van der Waals surface area contributed by atoms with Gasteiger partial charge in [-0.1, -0.05) is 25.0 Å². The van der Waals surface area contributed by atoms with E-state index >= 15 is 0 Å². The SMILES string of the molecule is CCNC(=NCc1ccc(C(=O)N2CCNC(=O)C2)cc1)N1CC2CCCCC2C1. The Morgan fingerprint density at radius 3 is 2.47 bits per heavy atom. The number of nitrogens with zero attached hydrogens (tertiary/aromatic N) is 3. The van der Waals surface area contributed by atoms with Gasteiger partial charge in [0, 0.05) is 38.3 Å². The molecule has 30 heavy (non-hydrogen) atoms. The lowest BCUT2D eigenvalue weighted by molar-refractivity contribution is -0.123. The monoisotopic (exact) mass is 411 g/mol. The van der Waals surface area contributed by atoms with Crippen molar-refractivity contribution in [3.05, 3.63) is 35.4 Å². The first-order valence-electron chi connectivity index (χ1n) is 11.3. The maximum Gasteiger partial charge on any atom is 0.254 e. The Morgan fingerprint density at radius 1 is 1.13 bits per heavy atom. The van der Waals surface area contributed by atoms with Crippen molar-refractivity contribution in [1.82, 2.24) is 20.4 Å². The molecule has 2 unspecified atom stereocenters. The van der Waals surface area contributed by atoms with Crippen LogP contribution in [0.5, 0.6) is 0 Å². The third-order valence-electron chi connectivity index (χ3n) is 6.55. The number of aliphatic imine (C=N–C) groups is 1. The summed E-state index contributed by atoms with van der Waals surface area (Å²) in [5.74, 6) is 2.46. The Bertz CT molecular complexity index is 777. The highest BCUT2D eigenvalue weighted by molar-refractivity contribution is 5.97. The number of piperazine rings is 1. The first kappa shape index (κ1) is 20.7. The zero-order valence-corrected chi connectivity index (χ0v) is 17.9. The second kappa shape index (κ2) is 9.49. The molecule has 0 spiro atoms. The van der Waals surface area contributed by atoms with E-state index in [1.807, 2.05) is 24.3 Å². The molecule has 2 aliphatic heterocycles. The van der Waals surface area contributed by atoms with Crippen LogP contribution in [0.3, 0.4) is 0 Å². The van der Waals surface area contributed by atoms with Gasteiger partial charge in [-0.2, -0.15) is 0 Å². The summed E-state index contributed by atoms with van der Waals surface area (Å²) < 4.78 is 0. The van der Waals surface area contributed by atoms with Crippen molar-refractivity contribution in [2.45, 2.75) is 39.2 Å². The van der Waals surface area contributed by atoms with Crippen LogP contribution < -0.4 is 10.6 Å². The Morgan fingerprint density at radius 2 is 1.83 bits per heavy atom. The van der Waals surface area contributed by atoms with Crippen molar-refractivity contribution < 1.29 is 9.59 Å². The van der Waals surface area contributed by atoms with Crippen molar-refractivity contribution in [2.24, 2.45) is 16.8 Å². The second-order valence-electron chi connectivity index (χ2n) is 8.65. The highest BCUT2D eigenvalue weighted by atomic mass is 16.2. The molecule has 7 heteroatoms. The third kappa shape index (κ3) is 4.77. The number of benzene rings is 1. The smallest absolute Gasteiger partial charge is 0.254 e. The maximum absolute atomic E-state index is 12.6. The van der Waals surface area contributed by atoms with Crippen LogP contribution in [0.4, 0.5) is 0 Å². The van der Waals surface area contributed by atoms with Gasteiger partial charge in [0.15, 0.2) is 5.96 Å². The van der Waals surface area contributed by atoms with Gasteiger partial charge < -0.3 is 20.4 Å². The van der Waals surface area contributed by atoms with Crippen LogP contribution in [0.2, 0.25) is 0 Å². The number of nitrogens with one attached hydrogen (secondary N) is 2. The van der Waals surface area contributed by atoms with E-state index in [1.165, 1.54) is 25.7 Å². The molecule has 1 saturated carbocycles. The maximum atomic E-state index is 12.6. The lowest BCUT2D eigenvalue weighted by atomic mass is 9.82. The van der Waals surface area contributed by atoms with Gasteiger partial charge in [-0.25, -0.2) is 4.99 Å². The predicted octanol–water partition coefficient (Wildman–Crippen LogP) is 1.85. The van der Waals surface area contributed by atoms with E-state index in [2.05, 4.69) is 22.5 Å². The Kier molecular flexibility index (Phi) is 6.55. The minimum Gasteiger partial charge on any atom is -0.357 e. The summed E-state index contributed by atoms with van der Waals surface area (Å²) >= 11 is 0. The zero-order chi connectivity index (χ0) is 20.9. The molecule has 2 saturated heterocycles. The molecular weight excluding hydrogens is 378 g/mol. The van der Waals surface area contributed by atoms with Gasteiger partial charge in [0.1, 0.15) is 0 Å². The number of carbonyl (C=O) groups excluding carboxylic acids is 2. The largest absolute Gasteiger partial charge is 0.357 e. The van der Waals surface area contributed by atoms with Gasteiger partial charge in [-0.05, 0) is 49.3 Å². The molecule has 2 amide bonds. The van der Waals surface area contributed by atoms with Crippen LogP contribution in [0, 0.1) is 11.8 Å². The number of hydrogen-bond acceptors (Lipinski definition) is 3. The van der Waals surface area contributed by atoms with E-state index in [0.717, 1.165) is 43.0 Å². The summed E-state index contributed by atoms with van der Waals surface area (Å²) in [4.78, 5) is 33.0. The quantitative estimate of drug-likeness (QED) is 0.586. The van der Waals surface area contributed by atoms with E-state index in [9.17, 15) is 9.59 Å². The number of carbonyl (C=O) groups is 2. The topological polar surface area (TPSA) is 77.0 Å². The first-order chi connectivity index (χ1) is 14.6. The summed E-state index contributed by atoms with van der Waals surface area (Å²) in [6.45, 7) is 7.01. The van der Waals surface area contributed by atoms with Crippen molar-refractivity contribution in [2.75, 3.05) is 39.3 Å². The number of guanidine groups is 1. The van der Waals surface area contributed by atoms with Crippen LogP contribution in [-0.2, 0) is 11.3 Å². The molecular formula is C23H33N5O2. The fraction of sp³-hybridized carbons (Fsp3) is 0.609. The Balaban J connectivity index is 1.38. The molecule has 0 bridgehead atoms. The summed E-state index contributed by atoms with van der Waals surface area (Å²) in [5.41, 5.74) is 1.70. The molecule has 1 aromatic carbocycles. The molecule has 2 atom stereocenters. The molecule has 3 fully saturated rings. The number of amides is 2. The minimum atomic E-state index is -0.0988. The van der Waals surface area contributed by atoms with Gasteiger partial charge in [0.25, 0.3) is 5.91 Å². The third-order valence-corrected chi connectivity index (χ3v) is 6.55. The van der Waals surface area contributed by atoms with Gasteiger partial charge in [-0.15, -0.1) is 0 Å². The van der Waals surface area contributed by atoms with E-state index in [-0.39, 0.29) is 18.4 Å². The van der Waals surface area contributed by atoms with Crippen LogP contribution in [0.15, 0.2) is 29.3 Å². The Labute approximate surface area is 178 Å². The highest BCUT2D eigenvalue weighted by Crippen LogP contribution is 2.36. The van der Waals surface area contributed by atoms with Crippen molar-refractivity contribution in [1.29, 1.82) is 0 Å². The molecule has 2 N–H and O–H groups in total. The summed E-state index contributed by atoms with van der Waals surface area (Å²) in [5, 5.41) is 6.21. The van der Waals surface area contributed by atoms with Crippen molar-refractivity contribution in [3.8, 4) is 0 Å². The normalized spacial score (nSPS) is 24.4. The Hall–Kier alpha value is -2.57.